The van der Waals surface area contributed by atoms with Gasteiger partial charge in [-0.15, -0.1) is 4.73 Å². The van der Waals surface area contributed by atoms with Crippen LogP contribution in [0, 0.1) is 0 Å². The highest BCUT2D eigenvalue weighted by Crippen LogP contribution is 2.26. The average Bonchev–Trinajstić information content (AvgIpc) is 2.83. The molecule has 0 radical (unpaired) electrons. The molecule has 0 saturated carbocycles. The van der Waals surface area contributed by atoms with E-state index in [9.17, 15) is 10.0 Å². The Morgan fingerprint density at radius 1 is 1.28 bits per heavy atom. The number of amides is 1. The van der Waals surface area contributed by atoms with Crippen LogP contribution in [0.1, 0.15) is 20.8 Å². The van der Waals surface area contributed by atoms with E-state index < -0.39 is 11.7 Å². The Bertz CT molecular complexity index is 945. The van der Waals surface area contributed by atoms with Crippen LogP contribution >= 0.6 is 0 Å². The fourth-order valence-corrected chi connectivity index (χ4v) is 2.20. The summed E-state index contributed by atoms with van der Waals surface area (Å²) in [5.41, 5.74) is 6.29. The van der Waals surface area contributed by atoms with E-state index in [0.29, 0.717) is 11.1 Å². The molecule has 0 aliphatic heterocycles. The Balaban J connectivity index is 1.95. The number of fused-ring (bicyclic) bond motifs is 1. The summed E-state index contributed by atoms with van der Waals surface area (Å²) in [4.78, 5) is 24.3. The second-order valence-electron chi connectivity index (χ2n) is 6.35. The van der Waals surface area contributed by atoms with Crippen LogP contribution in [-0.2, 0) is 4.74 Å². The zero-order valence-corrected chi connectivity index (χ0v) is 14.0. The maximum absolute atomic E-state index is 11.8. The summed E-state index contributed by atoms with van der Waals surface area (Å²) in [6, 6.07) is 6.57. The van der Waals surface area contributed by atoms with Gasteiger partial charge in [-0.2, -0.15) is 0 Å². The van der Waals surface area contributed by atoms with E-state index in [1.165, 1.54) is 0 Å². The van der Waals surface area contributed by atoms with Crippen molar-refractivity contribution in [3.8, 4) is 11.4 Å². The van der Waals surface area contributed by atoms with Crippen LogP contribution in [0.15, 0.2) is 30.5 Å². The number of rotatable bonds is 2. The Labute approximate surface area is 143 Å². The molecule has 9 heteroatoms. The van der Waals surface area contributed by atoms with Crippen molar-refractivity contribution in [3.63, 3.8) is 0 Å². The molecule has 25 heavy (non-hydrogen) atoms. The van der Waals surface area contributed by atoms with Crippen LogP contribution < -0.4 is 11.1 Å². The summed E-state index contributed by atoms with van der Waals surface area (Å²) in [7, 11) is 0. The van der Waals surface area contributed by atoms with Crippen LogP contribution in [0.4, 0.5) is 16.4 Å². The van der Waals surface area contributed by atoms with Gasteiger partial charge in [-0.1, -0.05) is 0 Å². The van der Waals surface area contributed by atoms with E-state index in [2.05, 4.69) is 20.3 Å². The maximum Gasteiger partial charge on any atom is 0.413 e. The van der Waals surface area contributed by atoms with Crippen molar-refractivity contribution in [1.29, 1.82) is 0 Å². The highest BCUT2D eigenvalue weighted by Gasteiger charge is 2.19. The van der Waals surface area contributed by atoms with Crippen molar-refractivity contribution in [2.75, 3.05) is 11.1 Å². The van der Waals surface area contributed by atoms with Crippen LogP contribution in [-0.4, -0.2) is 36.6 Å². The van der Waals surface area contributed by atoms with Gasteiger partial charge in [0.1, 0.15) is 22.8 Å². The Hall–Kier alpha value is -3.36. The summed E-state index contributed by atoms with van der Waals surface area (Å²) >= 11 is 0. The number of carbonyl (C=O) groups excluding carboxylic acids is 1. The second kappa shape index (κ2) is 5.93. The zero-order valence-electron chi connectivity index (χ0n) is 14.0. The number of carbonyl (C=O) groups is 1. The van der Waals surface area contributed by atoms with Crippen LogP contribution in [0.3, 0.4) is 0 Å². The first-order chi connectivity index (χ1) is 11.7. The number of imidazole rings is 1. The number of nitrogens with one attached hydrogen (secondary N) is 1. The summed E-state index contributed by atoms with van der Waals surface area (Å²) in [5.74, 6) is 0.672. The van der Waals surface area contributed by atoms with Gasteiger partial charge in [0, 0.05) is 6.20 Å². The Kier molecular flexibility index (Phi) is 3.91. The summed E-state index contributed by atoms with van der Waals surface area (Å²) in [6.07, 6.45) is 0.907. The van der Waals surface area contributed by atoms with Crippen molar-refractivity contribution in [1.82, 2.24) is 19.7 Å². The predicted molar refractivity (Wildman–Crippen MR) is 92.2 cm³/mol. The van der Waals surface area contributed by atoms with Crippen molar-refractivity contribution >= 4 is 28.9 Å². The SMILES string of the molecule is CC(C)(C)OC(=O)Nc1ccc2nc(-c3cccnc3N)n(O)c2n1. The molecule has 1 amide bonds. The average molecular weight is 342 g/mol. The number of nitrogens with two attached hydrogens (primary N) is 1. The van der Waals surface area contributed by atoms with Gasteiger partial charge in [0.2, 0.25) is 0 Å². The van der Waals surface area contributed by atoms with Gasteiger partial charge in [-0.05, 0) is 45.0 Å². The zero-order chi connectivity index (χ0) is 18.2. The lowest BCUT2D eigenvalue weighted by atomic mass is 10.2. The minimum Gasteiger partial charge on any atom is -0.444 e. The highest BCUT2D eigenvalue weighted by atomic mass is 16.6. The van der Waals surface area contributed by atoms with E-state index in [1.54, 1.807) is 51.2 Å². The van der Waals surface area contributed by atoms with Crippen molar-refractivity contribution in [2.45, 2.75) is 26.4 Å². The molecule has 0 fully saturated rings. The molecule has 9 nitrogen and oxygen atoms in total. The normalized spacial score (nSPS) is 11.5. The summed E-state index contributed by atoms with van der Waals surface area (Å²) < 4.78 is 5.98. The van der Waals surface area contributed by atoms with Crippen molar-refractivity contribution in [2.24, 2.45) is 0 Å². The Morgan fingerprint density at radius 2 is 2.04 bits per heavy atom. The fraction of sp³-hybridized carbons (Fsp3) is 0.250. The minimum atomic E-state index is -0.639. The molecule has 130 valence electrons. The molecule has 0 spiro atoms. The van der Waals surface area contributed by atoms with Gasteiger partial charge >= 0.3 is 6.09 Å². The third kappa shape index (κ3) is 3.44. The molecule has 0 unspecified atom stereocenters. The van der Waals surface area contributed by atoms with Gasteiger partial charge < -0.3 is 15.7 Å². The topological polar surface area (TPSA) is 128 Å². The quantitative estimate of drug-likeness (QED) is 0.611. The van der Waals surface area contributed by atoms with E-state index in [-0.39, 0.29) is 23.1 Å². The first-order valence-electron chi connectivity index (χ1n) is 7.54. The molecular weight excluding hydrogens is 324 g/mol. The maximum atomic E-state index is 11.8. The van der Waals surface area contributed by atoms with E-state index in [1.807, 2.05) is 0 Å². The number of hydrogen-bond acceptors (Lipinski definition) is 7. The first kappa shape index (κ1) is 16.5. The van der Waals surface area contributed by atoms with Crippen LogP contribution in [0.25, 0.3) is 22.6 Å². The molecule has 3 aromatic rings. The molecule has 4 N–H and O–H groups in total. The highest BCUT2D eigenvalue weighted by molar-refractivity contribution is 5.86. The monoisotopic (exact) mass is 342 g/mol. The third-order valence-corrected chi connectivity index (χ3v) is 3.19. The van der Waals surface area contributed by atoms with Crippen molar-refractivity contribution in [3.05, 3.63) is 30.5 Å². The van der Waals surface area contributed by atoms with Gasteiger partial charge in [-0.25, -0.2) is 19.7 Å². The lowest BCUT2D eigenvalue weighted by Gasteiger charge is -2.19. The van der Waals surface area contributed by atoms with E-state index in [4.69, 9.17) is 10.5 Å². The number of anilines is 2. The minimum absolute atomic E-state index is 0.173. The number of hydrogen-bond donors (Lipinski definition) is 3. The second-order valence-corrected chi connectivity index (χ2v) is 6.35. The molecule has 3 heterocycles. The lowest BCUT2D eigenvalue weighted by molar-refractivity contribution is 0.0635. The molecule has 0 bridgehead atoms. The van der Waals surface area contributed by atoms with E-state index in [0.717, 1.165) is 4.73 Å². The molecule has 0 aromatic carbocycles. The standard InChI is InChI=1S/C16H18N6O3/c1-16(2,3)25-15(23)21-11-7-6-10-14(20-11)22(24)13(19-10)9-5-4-8-18-12(9)17/h4-8,24H,1-3H3,(H2,17,18)(H,20,21,23). The molecule has 0 saturated heterocycles. The predicted octanol–water partition coefficient (Wildman–Crippen LogP) is 2.66. The number of ether oxygens (including phenoxy) is 1. The molecular formula is C16H18N6O3. The smallest absolute Gasteiger partial charge is 0.413 e. The number of nitrogens with zero attached hydrogens (tertiary/aromatic N) is 4. The van der Waals surface area contributed by atoms with Crippen LogP contribution in [0.2, 0.25) is 0 Å². The first-order valence-corrected chi connectivity index (χ1v) is 7.54. The molecule has 0 aliphatic rings. The van der Waals surface area contributed by atoms with Gasteiger partial charge in [0.05, 0.1) is 5.56 Å². The van der Waals surface area contributed by atoms with Crippen LogP contribution in [0.5, 0.6) is 0 Å². The molecule has 3 aromatic heterocycles. The van der Waals surface area contributed by atoms with Gasteiger partial charge in [-0.3, -0.25) is 5.32 Å². The number of nitrogen functional groups attached to an aromatic ring is 1. The van der Waals surface area contributed by atoms with Gasteiger partial charge in [0.25, 0.3) is 0 Å². The van der Waals surface area contributed by atoms with E-state index >= 15 is 0 Å². The van der Waals surface area contributed by atoms with Crippen molar-refractivity contribution < 1.29 is 14.7 Å². The molecule has 0 aliphatic carbocycles. The molecule has 0 atom stereocenters. The molecule has 3 rings (SSSR count). The lowest BCUT2D eigenvalue weighted by Crippen LogP contribution is -2.27. The number of pyridine rings is 2. The largest absolute Gasteiger partial charge is 0.444 e. The summed E-state index contributed by atoms with van der Waals surface area (Å²) in [5, 5.41) is 12.9. The van der Waals surface area contributed by atoms with Gasteiger partial charge in [0.15, 0.2) is 11.5 Å². The fourth-order valence-electron chi connectivity index (χ4n) is 2.20. The summed E-state index contributed by atoms with van der Waals surface area (Å²) in [6.45, 7) is 5.28. The third-order valence-electron chi connectivity index (χ3n) is 3.19. The number of aromatic nitrogens is 4. The Morgan fingerprint density at radius 3 is 2.72 bits per heavy atom.